The topological polar surface area (TPSA) is 40.6 Å². The van der Waals surface area contributed by atoms with E-state index >= 15 is 0 Å². The van der Waals surface area contributed by atoms with Crippen LogP contribution in [0.15, 0.2) is 30.5 Å². The van der Waals surface area contributed by atoms with Crippen molar-refractivity contribution in [3.63, 3.8) is 0 Å². The summed E-state index contributed by atoms with van der Waals surface area (Å²) in [5.74, 6) is 1.96. The number of alkyl halides is 1. The van der Waals surface area contributed by atoms with E-state index in [1.54, 1.807) is 32.5 Å². The summed E-state index contributed by atoms with van der Waals surface area (Å²) in [6.45, 7) is 0.280. The molecule has 0 fully saturated rings. The first-order valence-electron chi connectivity index (χ1n) is 6.22. The fourth-order valence-corrected chi connectivity index (χ4v) is 2.53. The molecule has 2 aromatic rings. The SMILES string of the molecule is COc1ccnc(COc2ccc(Cl)cc2CBr)c1OC. The summed E-state index contributed by atoms with van der Waals surface area (Å²) in [5.41, 5.74) is 1.65. The lowest BCUT2D eigenvalue weighted by molar-refractivity contribution is 0.283. The second-order valence-corrected chi connectivity index (χ2v) is 5.16. The third-order valence-electron chi connectivity index (χ3n) is 2.90. The Bertz CT molecular complexity index is 622. The minimum atomic E-state index is 0.280. The van der Waals surface area contributed by atoms with Crippen molar-refractivity contribution < 1.29 is 14.2 Å². The van der Waals surface area contributed by atoms with Gasteiger partial charge in [0.1, 0.15) is 18.1 Å². The van der Waals surface area contributed by atoms with Crippen LogP contribution in [-0.2, 0) is 11.9 Å². The number of nitrogens with zero attached hydrogens (tertiary/aromatic N) is 1. The molecule has 0 bridgehead atoms. The number of ether oxygens (including phenoxy) is 3. The Kier molecular flexibility index (Phi) is 5.70. The van der Waals surface area contributed by atoms with Crippen LogP contribution >= 0.6 is 27.5 Å². The number of methoxy groups -OCH3 is 2. The van der Waals surface area contributed by atoms with E-state index < -0.39 is 0 Å². The first-order chi connectivity index (χ1) is 10.2. The largest absolute Gasteiger partial charge is 0.493 e. The van der Waals surface area contributed by atoms with Crippen LogP contribution in [0.1, 0.15) is 11.3 Å². The van der Waals surface area contributed by atoms with Crippen LogP contribution in [0.25, 0.3) is 0 Å². The summed E-state index contributed by atoms with van der Waals surface area (Å²) < 4.78 is 16.4. The molecular formula is C15H15BrClNO3. The number of hydrogen-bond acceptors (Lipinski definition) is 4. The van der Waals surface area contributed by atoms with Crippen molar-refractivity contribution in [3.05, 3.63) is 46.7 Å². The molecule has 1 heterocycles. The van der Waals surface area contributed by atoms with E-state index in [2.05, 4.69) is 20.9 Å². The lowest BCUT2D eigenvalue weighted by Gasteiger charge is -2.14. The van der Waals surface area contributed by atoms with Gasteiger partial charge >= 0.3 is 0 Å². The molecule has 2 rings (SSSR count). The van der Waals surface area contributed by atoms with Crippen LogP contribution in [0.2, 0.25) is 5.02 Å². The highest BCUT2D eigenvalue weighted by molar-refractivity contribution is 9.08. The molecule has 4 nitrogen and oxygen atoms in total. The van der Waals surface area contributed by atoms with Gasteiger partial charge in [0, 0.05) is 28.2 Å². The molecule has 0 amide bonds. The zero-order valence-corrected chi connectivity index (χ0v) is 14.1. The third kappa shape index (κ3) is 3.80. The van der Waals surface area contributed by atoms with Crippen molar-refractivity contribution in [1.82, 2.24) is 4.98 Å². The summed E-state index contributed by atoms with van der Waals surface area (Å²) in [6.07, 6.45) is 1.66. The number of benzene rings is 1. The van der Waals surface area contributed by atoms with Crippen LogP contribution in [0.3, 0.4) is 0 Å². The van der Waals surface area contributed by atoms with Crippen molar-refractivity contribution in [1.29, 1.82) is 0 Å². The Morgan fingerprint density at radius 3 is 2.62 bits per heavy atom. The number of halogens is 2. The van der Waals surface area contributed by atoms with Crippen molar-refractivity contribution >= 4 is 27.5 Å². The zero-order chi connectivity index (χ0) is 15.2. The molecule has 1 aromatic heterocycles. The minimum Gasteiger partial charge on any atom is -0.493 e. The highest BCUT2D eigenvalue weighted by Crippen LogP contribution is 2.31. The predicted octanol–water partition coefficient (Wildman–Crippen LogP) is 4.23. The van der Waals surface area contributed by atoms with Crippen molar-refractivity contribution in [2.75, 3.05) is 14.2 Å². The van der Waals surface area contributed by atoms with E-state index in [4.69, 9.17) is 25.8 Å². The van der Waals surface area contributed by atoms with Crippen molar-refractivity contribution in [3.8, 4) is 17.2 Å². The first kappa shape index (κ1) is 15.9. The highest BCUT2D eigenvalue weighted by Gasteiger charge is 2.12. The molecule has 0 saturated carbocycles. The Morgan fingerprint density at radius 2 is 1.95 bits per heavy atom. The predicted molar refractivity (Wildman–Crippen MR) is 85.8 cm³/mol. The van der Waals surface area contributed by atoms with E-state index in [9.17, 15) is 0 Å². The molecular weight excluding hydrogens is 358 g/mol. The second kappa shape index (κ2) is 7.52. The van der Waals surface area contributed by atoms with Gasteiger partial charge in [0.15, 0.2) is 11.5 Å². The highest BCUT2D eigenvalue weighted by atomic mass is 79.9. The van der Waals surface area contributed by atoms with E-state index in [1.807, 2.05) is 12.1 Å². The minimum absolute atomic E-state index is 0.280. The zero-order valence-electron chi connectivity index (χ0n) is 11.7. The molecule has 0 aliphatic carbocycles. The number of rotatable bonds is 6. The molecule has 0 N–H and O–H groups in total. The summed E-state index contributed by atoms with van der Waals surface area (Å²) in [6, 6.07) is 7.24. The molecule has 6 heteroatoms. The monoisotopic (exact) mass is 371 g/mol. The van der Waals surface area contributed by atoms with Crippen LogP contribution in [-0.4, -0.2) is 19.2 Å². The Balaban J connectivity index is 2.20. The van der Waals surface area contributed by atoms with Gasteiger partial charge in [-0.25, -0.2) is 0 Å². The average Bonchev–Trinajstić information content (AvgIpc) is 2.52. The van der Waals surface area contributed by atoms with Gasteiger partial charge in [0.25, 0.3) is 0 Å². The molecule has 1 aromatic carbocycles. The molecule has 0 aliphatic heterocycles. The van der Waals surface area contributed by atoms with Gasteiger partial charge in [0.2, 0.25) is 0 Å². The molecule has 21 heavy (non-hydrogen) atoms. The maximum Gasteiger partial charge on any atom is 0.185 e. The van der Waals surface area contributed by atoms with Crippen LogP contribution in [0, 0.1) is 0 Å². The summed E-state index contributed by atoms with van der Waals surface area (Å²) in [5, 5.41) is 1.33. The average molecular weight is 373 g/mol. The fourth-order valence-electron chi connectivity index (χ4n) is 1.89. The maximum absolute atomic E-state index is 5.97. The van der Waals surface area contributed by atoms with Gasteiger partial charge in [-0.1, -0.05) is 27.5 Å². The van der Waals surface area contributed by atoms with Gasteiger partial charge in [-0.2, -0.15) is 0 Å². The lowest BCUT2D eigenvalue weighted by atomic mass is 10.2. The molecule has 112 valence electrons. The standard InChI is InChI=1S/C15H15BrClNO3/c1-19-14-5-6-18-12(15(14)20-2)9-21-13-4-3-11(17)7-10(13)8-16/h3-7H,8-9H2,1-2H3. The van der Waals surface area contributed by atoms with Gasteiger partial charge in [-0.3, -0.25) is 4.98 Å². The number of aromatic nitrogens is 1. The quantitative estimate of drug-likeness (QED) is 0.712. The third-order valence-corrected chi connectivity index (χ3v) is 3.74. The van der Waals surface area contributed by atoms with Gasteiger partial charge < -0.3 is 14.2 Å². The molecule has 0 unspecified atom stereocenters. The Hall–Kier alpha value is -1.46. The Labute approximate surface area is 137 Å². The molecule has 0 radical (unpaired) electrons. The van der Waals surface area contributed by atoms with Gasteiger partial charge in [-0.15, -0.1) is 0 Å². The van der Waals surface area contributed by atoms with Crippen LogP contribution in [0.5, 0.6) is 17.2 Å². The number of pyridine rings is 1. The van der Waals surface area contributed by atoms with E-state index in [1.165, 1.54) is 0 Å². The summed E-state index contributed by atoms with van der Waals surface area (Å²) in [4.78, 5) is 4.28. The summed E-state index contributed by atoms with van der Waals surface area (Å²) >= 11 is 9.40. The molecule has 0 atom stereocenters. The van der Waals surface area contributed by atoms with E-state index in [-0.39, 0.29) is 6.61 Å². The molecule has 0 saturated heterocycles. The smallest absolute Gasteiger partial charge is 0.185 e. The van der Waals surface area contributed by atoms with Gasteiger partial charge in [-0.05, 0) is 18.2 Å². The molecule has 0 spiro atoms. The maximum atomic E-state index is 5.97. The first-order valence-corrected chi connectivity index (χ1v) is 7.72. The van der Waals surface area contributed by atoms with Gasteiger partial charge in [0.05, 0.1) is 14.2 Å². The fraction of sp³-hybridized carbons (Fsp3) is 0.267. The van der Waals surface area contributed by atoms with E-state index in [0.29, 0.717) is 27.5 Å². The summed E-state index contributed by atoms with van der Waals surface area (Å²) in [7, 11) is 3.17. The number of hydrogen-bond donors (Lipinski definition) is 0. The van der Waals surface area contributed by atoms with Crippen LogP contribution in [0.4, 0.5) is 0 Å². The van der Waals surface area contributed by atoms with Crippen LogP contribution < -0.4 is 14.2 Å². The van der Waals surface area contributed by atoms with Crippen molar-refractivity contribution in [2.45, 2.75) is 11.9 Å². The van der Waals surface area contributed by atoms with E-state index in [0.717, 1.165) is 11.3 Å². The normalized spacial score (nSPS) is 10.3. The van der Waals surface area contributed by atoms with Crippen molar-refractivity contribution in [2.24, 2.45) is 0 Å². The Morgan fingerprint density at radius 1 is 1.14 bits per heavy atom. The second-order valence-electron chi connectivity index (χ2n) is 4.17. The lowest BCUT2D eigenvalue weighted by Crippen LogP contribution is -2.04. The molecule has 0 aliphatic rings.